The van der Waals surface area contributed by atoms with Gasteiger partial charge in [0, 0.05) is 25.5 Å². The second-order valence-corrected chi connectivity index (χ2v) is 5.72. The highest BCUT2D eigenvalue weighted by Crippen LogP contribution is 2.35. The van der Waals surface area contributed by atoms with Crippen molar-refractivity contribution in [1.82, 2.24) is 20.2 Å². The van der Waals surface area contributed by atoms with Crippen LogP contribution in [0.1, 0.15) is 25.5 Å². The summed E-state index contributed by atoms with van der Waals surface area (Å²) >= 11 is 0. The van der Waals surface area contributed by atoms with Crippen molar-refractivity contribution < 1.29 is 9.53 Å². The number of hydrogen-bond acceptors (Lipinski definition) is 7. The molecule has 0 radical (unpaired) electrons. The van der Waals surface area contributed by atoms with E-state index < -0.39 is 6.04 Å². The molecule has 0 aliphatic carbocycles. The third-order valence-corrected chi connectivity index (χ3v) is 3.93. The molecule has 8 heteroatoms. The number of esters is 1. The average molecular weight is 328 g/mol. The van der Waals surface area contributed by atoms with E-state index in [1.165, 1.54) is 0 Å². The van der Waals surface area contributed by atoms with E-state index in [1.54, 1.807) is 11.6 Å². The molecule has 1 aliphatic heterocycles. The van der Waals surface area contributed by atoms with E-state index >= 15 is 0 Å². The lowest BCUT2D eigenvalue weighted by atomic mass is 9.95. The number of fused-ring (bicyclic) bond motifs is 1. The first-order chi connectivity index (χ1) is 11.5. The van der Waals surface area contributed by atoms with Gasteiger partial charge in [-0.25, -0.2) is 4.79 Å². The molecule has 2 aromatic rings. The van der Waals surface area contributed by atoms with E-state index in [-0.39, 0.29) is 5.97 Å². The Kier molecular flexibility index (Phi) is 4.20. The maximum atomic E-state index is 12.5. The van der Waals surface area contributed by atoms with Gasteiger partial charge in [-0.15, -0.1) is 0 Å². The first kappa shape index (κ1) is 16.0. The molecular weight excluding hydrogens is 308 g/mol. The van der Waals surface area contributed by atoms with Gasteiger partial charge in [0.2, 0.25) is 5.95 Å². The fourth-order valence-corrected chi connectivity index (χ4v) is 2.75. The maximum Gasteiger partial charge on any atom is 0.338 e. The molecule has 1 aliphatic rings. The van der Waals surface area contributed by atoms with E-state index in [1.807, 2.05) is 50.2 Å². The minimum atomic E-state index is -0.425. The van der Waals surface area contributed by atoms with Crippen LogP contribution in [-0.4, -0.2) is 46.9 Å². The highest BCUT2D eigenvalue weighted by Gasteiger charge is 2.34. The number of anilines is 2. The van der Waals surface area contributed by atoms with Gasteiger partial charge >= 0.3 is 5.97 Å². The summed E-state index contributed by atoms with van der Waals surface area (Å²) in [6.45, 7) is 3.92. The standard InChI is InChI=1S/C16H20N6O2/c1-5-24-15(23)13-10(2)17-16-18-19-20-22(16)14(13)11-6-8-12(9-7-11)21(3)4/h6-9,14H,5H2,1-4H3,(H,17,18,20)/t14-/m0/s1. The van der Waals surface area contributed by atoms with Crippen LogP contribution in [0.3, 0.4) is 0 Å². The van der Waals surface area contributed by atoms with E-state index in [2.05, 4.69) is 20.8 Å². The van der Waals surface area contributed by atoms with Crippen LogP contribution in [0.25, 0.3) is 0 Å². The molecule has 1 N–H and O–H groups in total. The molecule has 0 bridgehead atoms. The third-order valence-electron chi connectivity index (χ3n) is 3.93. The fraction of sp³-hybridized carbons (Fsp3) is 0.375. The molecule has 0 saturated carbocycles. The quantitative estimate of drug-likeness (QED) is 0.853. The van der Waals surface area contributed by atoms with Gasteiger partial charge in [0.25, 0.3) is 0 Å². The zero-order chi connectivity index (χ0) is 17.3. The Bertz CT molecular complexity index is 778. The number of carbonyl (C=O) groups excluding carboxylic acids is 1. The zero-order valence-corrected chi connectivity index (χ0v) is 14.1. The second-order valence-electron chi connectivity index (χ2n) is 5.72. The number of rotatable bonds is 4. The Morgan fingerprint density at radius 3 is 2.67 bits per heavy atom. The summed E-state index contributed by atoms with van der Waals surface area (Å²) in [6.07, 6.45) is 0. The largest absolute Gasteiger partial charge is 0.463 e. The molecule has 0 spiro atoms. The fourth-order valence-electron chi connectivity index (χ4n) is 2.75. The molecule has 1 aromatic heterocycles. The molecule has 8 nitrogen and oxygen atoms in total. The summed E-state index contributed by atoms with van der Waals surface area (Å²) in [5, 5.41) is 14.8. The van der Waals surface area contributed by atoms with Crippen molar-refractivity contribution in [3.05, 3.63) is 41.1 Å². The zero-order valence-electron chi connectivity index (χ0n) is 14.1. The number of tetrazole rings is 1. The molecule has 0 amide bonds. The van der Waals surface area contributed by atoms with Crippen molar-refractivity contribution in [1.29, 1.82) is 0 Å². The molecular formula is C16H20N6O2. The lowest BCUT2D eigenvalue weighted by Gasteiger charge is -2.27. The van der Waals surface area contributed by atoms with E-state index in [0.29, 0.717) is 23.8 Å². The Hall–Kier alpha value is -2.90. The van der Waals surface area contributed by atoms with Gasteiger partial charge in [0.05, 0.1) is 12.2 Å². The van der Waals surface area contributed by atoms with Gasteiger partial charge < -0.3 is 15.0 Å². The molecule has 24 heavy (non-hydrogen) atoms. The highest BCUT2D eigenvalue weighted by atomic mass is 16.5. The van der Waals surface area contributed by atoms with Crippen LogP contribution in [0.15, 0.2) is 35.5 Å². The van der Waals surface area contributed by atoms with Gasteiger partial charge in [-0.05, 0) is 42.0 Å². The lowest BCUT2D eigenvalue weighted by Crippen LogP contribution is -2.29. The van der Waals surface area contributed by atoms with Crippen LogP contribution in [0.4, 0.5) is 11.6 Å². The van der Waals surface area contributed by atoms with Crippen LogP contribution in [-0.2, 0) is 9.53 Å². The number of aromatic nitrogens is 4. The van der Waals surface area contributed by atoms with Crippen LogP contribution >= 0.6 is 0 Å². The predicted molar refractivity (Wildman–Crippen MR) is 89.7 cm³/mol. The lowest BCUT2D eigenvalue weighted by molar-refractivity contribution is -0.139. The summed E-state index contributed by atoms with van der Waals surface area (Å²) < 4.78 is 6.83. The maximum absolute atomic E-state index is 12.5. The topological polar surface area (TPSA) is 85.2 Å². The highest BCUT2D eigenvalue weighted by molar-refractivity contribution is 5.92. The number of carbonyl (C=O) groups is 1. The van der Waals surface area contributed by atoms with Crippen molar-refractivity contribution >= 4 is 17.6 Å². The third kappa shape index (κ3) is 2.70. The SMILES string of the molecule is CCOC(=O)C1=C(C)Nc2nnnn2[C@H]1c1ccc(N(C)C)cc1. The number of nitrogens with zero attached hydrogens (tertiary/aromatic N) is 5. The van der Waals surface area contributed by atoms with Gasteiger partial charge in [-0.2, -0.15) is 4.68 Å². The Morgan fingerprint density at radius 1 is 1.33 bits per heavy atom. The molecule has 2 heterocycles. The van der Waals surface area contributed by atoms with E-state index in [9.17, 15) is 4.79 Å². The van der Waals surface area contributed by atoms with Gasteiger partial charge in [0.1, 0.15) is 6.04 Å². The van der Waals surface area contributed by atoms with Crippen molar-refractivity contribution in [3.8, 4) is 0 Å². The van der Waals surface area contributed by atoms with Crippen molar-refractivity contribution in [2.75, 3.05) is 30.9 Å². The van der Waals surface area contributed by atoms with Crippen LogP contribution in [0.2, 0.25) is 0 Å². The van der Waals surface area contributed by atoms with Crippen molar-refractivity contribution in [2.24, 2.45) is 0 Å². The van der Waals surface area contributed by atoms with E-state index in [4.69, 9.17) is 4.74 Å². The molecule has 0 unspecified atom stereocenters. The van der Waals surface area contributed by atoms with Gasteiger partial charge in [-0.3, -0.25) is 0 Å². The summed E-state index contributed by atoms with van der Waals surface area (Å²) in [4.78, 5) is 14.5. The predicted octanol–water partition coefficient (Wildman–Crippen LogP) is 1.59. The summed E-state index contributed by atoms with van der Waals surface area (Å²) in [6, 6.07) is 7.53. The number of nitrogens with one attached hydrogen (secondary N) is 1. The van der Waals surface area contributed by atoms with Crippen molar-refractivity contribution in [2.45, 2.75) is 19.9 Å². The summed E-state index contributed by atoms with van der Waals surface area (Å²) in [5.74, 6) is 0.132. The molecule has 1 atom stereocenters. The smallest absolute Gasteiger partial charge is 0.338 e. The molecule has 0 fully saturated rings. The summed E-state index contributed by atoms with van der Waals surface area (Å²) in [7, 11) is 3.96. The first-order valence-electron chi connectivity index (χ1n) is 7.73. The second kappa shape index (κ2) is 6.31. The van der Waals surface area contributed by atoms with Crippen molar-refractivity contribution in [3.63, 3.8) is 0 Å². The molecule has 3 rings (SSSR count). The molecule has 126 valence electrons. The van der Waals surface area contributed by atoms with Crippen LogP contribution in [0, 0.1) is 0 Å². The molecule has 0 saturated heterocycles. The van der Waals surface area contributed by atoms with Gasteiger partial charge in [-0.1, -0.05) is 17.2 Å². The summed E-state index contributed by atoms with van der Waals surface area (Å²) in [5.41, 5.74) is 3.19. The normalized spacial score (nSPS) is 16.4. The van der Waals surface area contributed by atoms with Crippen LogP contribution in [0.5, 0.6) is 0 Å². The van der Waals surface area contributed by atoms with Gasteiger partial charge in [0.15, 0.2) is 0 Å². The number of ether oxygens (including phenoxy) is 1. The Labute approximate surface area is 140 Å². The number of benzene rings is 1. The van der Waals surface area contributed by atoms with E-state index in [0.717, 1.165) is 11.3 Å². The van der Waals surface area contributed by atoms with Crippen LogP contribution < -0.4 is 10.2 Å². The Balaban J connectivity index is 2.08. The minimum absolute atomic E-state index is 0.310. The number of hydrogen-bond donors (Lipinski definition) is 1. The first-order valence-corrected chi connectivity index (χ1v) is 7.73. The monoisotopic (exact) mass is 328 g/mol. The average Bonchev–Trinajstić information content (AvgIpc) is 3.01. The number of allylic oxidation sites excluding steroid dienone is 1. The minimum Gasteiger partial charge on any atom is -0.463 e. The Morgan fingerprint density at radius 2 is 2.04 bits per heavy atom. The molecule has 1 aromatic carbocycles.